The van der Waals surface area contributed by atoms with Crippen molar-refractivity contribution in [2.75, 3.05) is 0 Å². The largest absolute Gasteiger partial charge is 0.482 e. The third-order valence-electron chi connectivity index (χ3n) is 11.5. The van der Waals surface area contributed by atoms with Gasteiger partial charge in [-0.25, -0.2) is 0 Å². The van der Waals surface area contributed by atoms with E-state index in [4.69, 9.17) is 9.31 Å². The molecule has 1 saturated heterocycles. The van der Waals surface area contributed by atoms with Crippen LogP contribution in [0.25, 0.3) is 0 Å². The Bertz CT molecular complexity index is 1530. The average molecular weight is 605 g/mol. The van der Waals surface area contributed by atoms with Gasteiger partial charge in [-0.05, 0) is 85.0 Å². The fourth-order valence-electron chi connectivity index (χ4n) is 8.80. The number of rotatable bonds is 9. The number of carbonyl (C=O) groups is 2. The molecule has 1 aliphatic heterocycles. The molecule has 4 aliphatic carbocycles. The van der Waals surface area contributed by atoms with Gasteiger partial charge >= 0.3 is 7.12 Å². The molecule has 5 aliphatic rings. The number of hydrogen-bond donors (Lipinski definition) is 2. The number of nitrogens with one attached hydrogen (secondary N) is 2. The lowest BCUT2D eigenvalue weighted by Crippen LogP contribution is -2.65. The lowest BCUT2D eigenvalue weighted by molar-refractivity contribution is -0.199. The van der Waals surface area contributed by atoms with Gasteiger partial charge in [0.1, 0.15) is 6.04 Å². The zero-order valence-electron chi connectivity index (χ0n) is 26.7. The summed E-state index contributed by atoms with van der Waals surface area (Å²) in [5.41, 5.74) is 4.24. The van der Waals surface area contributed by atoms with Crippen molar-refractivity contribution in [2.24, 2.45) is 17.3 Å². The van der Waals surface area contributed by atoms with Crippen molar-refractivity contribution in [1.29, 1.82) is 0 Å². The van der Waals surface area contributed by atoms with Crippen LogP contribution >= 0.6 is 0 Å². The molecule has 1 heterocycles. The van der Waals surface area contributed by atoms with Gasteiger partial charge in [-0.3, -0.25) is 9.59 Å². The molecule has 6 nitrogen and oxygen atoms in total. The molecule has 2 N–H and O–H groups in total. The molecule has 0 aromatic heterocycles. The van der Waals surface area contributed by atoms with Gasteiger partial charge in [-0.15, -0.1) is 0 Å². The predicted molar refractivity (Wildman–Crippen MR) is 176 cm³/mol. The first-order valence-corrected chi connectivity index (χ1v) is 16.8. The number of carbonyl (C=O) groups excluding carboxylic acids is 2. The molecule has 2 amide bonds. The second kappa shape index (κ2) is 12.1. The van der Waals surface area contributed by atoms with Gasteiger partial charge in [0.25, 0.3) is 0 Å². The van der Waals surface area contributed by atoms with Crippen LogP contribution in [0.15, 0.2) is 84.9 Å². The minimum atomic E-state index is -0.738. The summed E-state index contributed by atoms with van der Waals surface area (Å²) in [6.45, 7) is 6.92. The smallest absolute Gasteiger partial charge is 0.404 e. The third kappa shape index (κ3) is 5.74. The second-order valence-corrected chi connectivity index (χ2v) is 14.5. The van der Waals surface area contributed by atoms with Gasteiger partial charge in [0.05, 0.1) is 23.6 Å². The number of benzene rings is 3. The summed E-state index contributed by atoms with van der Waals surface area (Å²) in [7, 11) is -0.572. The van der Waals surface area contributed by atoms with Crippen LogP contribution < -0.4 is 10.6 Å². The van der Waals surface area contributed by atoms with Crippen LogP contribution in [0.2, 0.25) is 0 Å². The first-order chi connectivity index (χ1) is 21.7. The molecule has 0 unspecified atom stereocenters. The zero-order chi connectivity index (χ0) is 31.2. The molecule has 8 rings (SSSR count). The van der Waals surface area contributed by atoms with E-state index in [1.807, 2.05) is 60.7 Å². The molecule has 3 saturated carbocycles. The Balaban J connectivity index is 1.14. The lowest BCUT2D eigenvalue weighted by atomic mass is 9.43. The summed E-state index contributed by atoms with van der Waals surface area (Å²) >= 11 is 0. The van der Waals surface area contributed by atoms with Gasteiger partial charge < -0.3 is 19.9 Å². The quantitative estimate of drug-likeness (QED) is 0.302. The summed E-state index contributed by atoms with van der Waals surface area (Å²) in [5.74, 6) is 0.0883. The van der Waals surface area contributed by atoms with Crippen molar-refractivity contribution in [2.45, 2.75) is 95.3 Å². The number of fused-ring (bicyclic) bond motifs is 1. The van der Waals surface area contributed by atoms with Crippen LogP contribution in [0, 0.1) is 17.3 Å². The predicted octanol–water partition coefficient (Wildman–Crippen LogP) is 5.83. The first kappa shape index (κ1) is 30.3. The minimum Gasteiger partial charge on any atom is -0.404 e. The van der Waals surface area contributed by atoms with Crippen molar-refractivity contribution in [3.05, 3.63) is 107 Å². The number of aryl methyl sites for hydroxylation is 1. The van der Waals surface area contributed by atoms with Crippen molar-refractivity contribution in [3.63, 3.8) is 0 Å². The molecule has 2 bridgehead atoms. The fourth-order valence-corrected chi connectivity index (χ4v) is 8.80. The van der Waals surface area contributed by atoms with Gasteiger partial charge in [-0.1, -0.05) is 98.8 Å². The summed E-state index contributed by atoms with van der Waals surface area (Å²) in [5, 5.41) is 6.51. The Morgan fingerprint density at radius 1 is 0.867 bits per heavy atom. The highest BCUT2D eigenvalue weighted by atomic mass is 16.7. The maximum absolute atomic E-state index is 14.3. The second-order valence-electron chi connectivity index (χ2n) is 14.5. The SMILES string of the molecule is CC1(C)[C@@H]2C[C@H]3OB([C@H](Cc4ccccc4)NC(=O)[C@H](Cc4ccccc4)NC(=O)[C@H]4CCCc5ccccc54)O[C@@]3(C)[C@H]1C2. The molecule has 0 spiro atoms. The Morgan fingerprint density at radius 2 is 1.53 bits per heavy atom. The molecule has 234 valence electrons. The van der Waals surface area contributed by atoms with E-state index in [0.29, 0.717) is 24.7 Å². The van der Waals surface area contributed by atoms with Gasteiger partial charge in [-0.2, -0.15) is 0 Å². The highest BCUT2D eigenvalue weighted by Crippen LogP contribution is 2.65. The van der Waals surface area contributed by atoms with Crippen molar-refractivity contribution in [3.8, 4) is 0 Å². The van der Waals surface area contributed by atoms with Gasteiger partial charge in [0, 0.05) is 6.42 Å². The highest BCUT2D eigenvalue weighted by Gasteiger charge is 2.68. The molecule has 7 heteroatoms. The molecule has 0 radical (unpaired) electrons. The summed E-state index contributed by atoms with van der Waals surface area (Å²) < 4.78 is 13.5. The topological polar surface area (TPSA) is 76.7 Å². The van der Waals surface area contributed by atoms with Crippen LogP contribution in [0.5, 0.6) is 0 Å². The summed E-state index contributed by atoms with van der Waals surface area (Å²) in [6.07, 6.45) is 5.85. The van der Waals surface area contributed by atoms with E-state index in [1.54, 1.807) is 0 Å². The number of amides is 2. The summed E-state index contributed by atoms with van der Waals surface area (Å²) in [4.78, 5) is 28.2. The summed E-state index contributed by atoms with van der Waals surface area (Å²) in [6, 6.07) is 27.6. The Labute approximate surface area is 267 Å². The standard InChI is InChI=1S/C38H45BN2O4/c1-37(2)28-23-32(37)38(3)33(24-28)44-39(45-38)34(22-26-15-8-5-9-16-26)41-36(43)31(21-25-13-6-4-7-14-25)40-35(42)30-20-12-18-27-17-10-11-19-29(27)30/h4-11,13-17,19,28,30-34H,12,18,20-24H2,1-3H3,(H,40,42)(H,41,43)/t28-,30-,31-,32-,33+,34-,38-/m0/s1. The Morgan fingerprint density at radius 3 is 2.24 bits per heavy atom. The molecular formula is C38H45BN2O4. The highest BCUT2D eigenvalue weighted by molar-refractivity contribution is 6.48. The molecule has 45 heavy (non-hydrogen) atoms. The molecule has 7 atom stereocenters. The maximum Gasteiger partial charge on any atom is 0.482 e. The van der Waals surface area contributed by atoms with Crippen molar-refractivity contribution in [1.82, 2.24) is 10.6 Å². The molecule has 4 fully saturated rings. The van der Waals surface area contributed by atoms with Crippen molar-refractivity contribution >= 4 is 18.9 Å². The molecule has 3 aromatic rings. The van der Waals surface area contributed by atoms with Crippen molar-refractivity contribution < 1.29 is 18.9 Å². The van der Waals surface area contributed by atoms with Crippen LogP contribution in [-0.2, 0) is 38.2 Å². The van der Waals surface area contributed by atoms with E-state index in [1.165, 1.54) is 12.0 Å². The fraction of sp³-hybridized carbons (Fsp3) is 0.474. The Kier molecular flexibility index (Phi) is 8.11. The third-order valence-corrected chi connectivity index (χ3v) is 11.5. The average Bonchev–Trinajstić information content (AvgIpc) is 3.42. The van der Waals surface area contributed by atoms with E-state index >= 15 is 0 Å². The monoisotopic (exact) mass is 604 g/mol. The van der Waals surface area contributed by atoms with E-state index in [2.05, 4.69) is 55.7 Å². The molecule has 3 aromatic carbocycles. The molecular weight excluding hydrogens is 559 g/mol. The van der Waals surface area contributed by atoms with E-state index < -0.39 is 19.1 Å². The van der Waals surface area contributed by atoms with Crippen LogP contribution in [0.3, 0.4) is 0 Å². The normalized spacial score (nSPS) is 29.0. The van der Waals surface area contributed by atoms with Gasteiger partial charge in [0.2, 0.25) is 11.8 Å². The zero-order valence-corrected chi connectivity index (χ0v) is 26.7. The maximum atomic E-state index is 14.3. The van der Waals surface area contributed by atoms with E-state index in [0.717, 1.165) is 42.4 Å². The van der Waals surface area contributed by atoms with E-state index in [-0.39, 0.29) is 34.9 Å². The Hall–Kier alpha value is -3.42. The lowest BCUT2D eigenvalue weighted by Gasteiger charge is -2.64. The van der Waals surface area contributed by atoms with Crippen LogP contribution in [-0.4, -0.2) is 42.6 Å². The number of hydrogen-bond acceptors (Lipinski definition) is 4. The van der Waals surface area contributed by atoms with Crippen LogP contribution in [0.4, 0.5) is 0 Å². The van der Waals surface area contributed by atoms with E-state index in [9.17, 15) is 9.59 Å². The minimum absolute atomic E-state index is 0.0145. The van der Waals surface area contributed by atoms with Crippen LogP contribution in [0.1, 0.15) is 74.6 Å². The first-order valence-electron chi connectivity index (χ1n) is 16.8. The van der Waals surface area contributed by atoms with Gasteiger partial charge in [0.15, 0.2) is 0 Å².